The Labute approximate surface area is 899 Å². The van der Waals surface area contributed by atoms with E-state index in [2.05, 4.69) is 188 Å². The highest BCUT2D eigenvalue weighted by atomic mass is 127. The number of hydrogen-bond acceptors (Lipinski definition) is 20. The van der Waals surface area contributed by atoms with Crippen molar-refractivity contribution in [3.63, 3.8) is 0 Å². The zero-order chi connectivity index (χ0) is 102. The van der Waals surface area contributed by atoms with E-state index in [4.69, 9.17) is 53.9 Å². The van der Waals surface area contributed by atoms with Crippen LogP contribution < -0.4 is 53.0 Å². The van der Waals surface area contributed by atoms with Crippen molar-refractivity contribution in [3.8, 4) is 23.7 Å². The van der Waals surface area contributed by atoms with Gasteiger partial charge in [-0.2, -0.15) is 40.5 Å². The van der Waals surface area contributed by atoms with Gasteiger partial charge < -0.3 is 83.9 Å². The predicted molar refractivity (Wildman–Crippen MR) is 614 cm³/mol. The van der Waals surface area contributed by atoms with Crippen molar-refractivity contribution in [2.45, 2.75) is 213 Å². The van der Waals surface area contributed by atoms with Crippen LogP contribution >= 0.6 is 86.7 Å². The van der Waals surface area contributed by atoms with Crippen molar-refractivity contribution in [2.75, 3.05) is 116 Å². The van der Waals surface area contributed by atoms with Crippen molar-refractivity contribution >= 4 is 157 Å². The molecule has 5 amide bonds. The number of carboxylic acids is 2. The molecule has 12 rings (SSSR count). The molecule has 32 heteroatoms. The number of carbonyl (C=O) groups is 7. The van der Waals surface area contributed by atoms with Gasteiger partial charge in [0.25, 0.3) is 11.9 Å². The highest BCUT2D eigenvalue weighted by Crippen LogP contribution is 2.34. The molecule has 0 bridgehead atoms. The number of nitrogen functional groups attached to an aromatic ring is 3. The summed E-state index contributed by atoms with van der Waals surface area (Å²) in [5, 5.41) is 31.0. The average molecular weight is 2180 g/mol. The number of amides is 5. The summed E-state index contributed by atoms with van der Waals surface area (Å²) in [7, 11) is 12.6. The summed E-state index contributed by atoms with van der Waals surface area (Å²) >= 11 is 9.01. The first kappa shape index (κ1) is 126. The third-order valence-corrected chi connectivity index (χ3v) is 26.1. The third-order valence-electron chi connectivity index (χ3n) is 24.0. The van der Waals surface area contributed by atoms with E-state index in [-0.39, 0.29) is 105 Å². The van der Waals surface area contributed by atoms with E-state index in [0.717, 1.165) is 194 Å². The molecule has 1 unspecified atom stereocenters. The smallest absolute Gasteiger partial charge is 0.407 e. The lowest BCUT2D eigenvalue weighted by molar-refractivity contribution is -0.141. The molecular weight excluding hydrogens is 2020 g/mol. The average Bonchev–Trinajstić information content (AvgIpc) is 0.804. The molecule has 0 saturated heterocycles. The molecule has 0 spiro atoms. The number of unbranched alkanes of at least 4 members (excludes halogenated alkanes) is 1. The largest absolute Gasteiger partial charge is 0.481 e. The number of thioether (sulfide) groups is 1. The quantitative estimate of drug-likeness (QED) is 0.00425. The van der Waals surface area contributed by atoms with Crippen molar-refractivity contribution < 1.29 is 53.2 Å². The molecule has 0 saturated carbocycles. The normalized spacial score (nSPS) is 12.6. The van der Waals surface area contributed by atoms with Crippen molar-refractivity contribution in [1.29, 1.82) is 0 Å². The van der Waals surface area contributed by atoms with Crippen molar-refractivity contribution in [1.82, 2.24) is 44.1 Å². The number of alkyl carbamates (subject to hydrolysis) is 2. The van der Waals surface area contributed by atoms with Crippen LogP contribution in [0.5, 0.6) is 0 Å². The summed E-state index contributed by atoms with van der Waals surface area (Å²) in [6.07, 6.45) is 27.7. The molecular formula is C112H155ClIN15O11S4. The zero-order valence-corrected chi connectivity index (χ0v) is 92.5. The van der Waals surface area contributed by atoms with E-state index in [1.807, 2.05) is 145 Å². The van der Waals surface area contributed by atoms with Gasteiger partial charge in [0.05, 0.1) is 5.92 Å². The fourth-order valence-electron chi connectivity index (χ4n) is 16.4. The van der Waals surface area contributed by atoms with Crippen LogP contribution in [0.25, 0.3) is 0 Å². The second kappa shape index (κ2) is 70.3. The number of benzene rings is 8. The Bertz CT molecular complexity index is 5530. The van der Waals surface area contributed by atoms with Gasteiger partial charge in [0, 0.05) is 95.7 Å². The van der Waals surface area contributed by atoms with Gasteiger partial charge in [0.2, 0.25) is 11.8 Å². The van der Waals surface area contributed by atoms with Crippen LogP contribution in [0, 0.1) is 41.4 Å². The minimum absolute atomic E-state index is 0. The lowest BCUT2D eigenvalue weighted by Crippen LogP contribution is -2.39. The maximum Gasteiger partial charge on any atom is 0.407 e. The molecule has 4 atom stereocenters. The summed E-state index contributed by atoms with van der Waals surface area (Å²) in [5.41, 5.74) is 46.1. The van der Waals surface area contributed by atoms with E-state index in [1.165, 1.54) is 98.6 Å². The van der Waals surface area contributed by atoms with Gasteiger partial charge in [0.15, 0.2) is 22.5 Å². The first-order valence-corrected chi connectivity index (χ1v) is 51.8. The standard InChI is InChI=1S/C37H45N3O3.C29H43N3O.C26H29NO4.C11H18N2.C7H10ClIN6OS.C2H4O2.3H2S/c1-28(36(41)39-33-22-18-29(19-23-33)14-11-25-40(2)3)26-32-21-20-31(34-16-7-8-17-35(32)34)15-9-10-24-38-37(42)43-27-30-12-5-4-6-13-30;1-22(29(33)31-26-17-13-23(14-18-26)9-8-20-32(2)3)21-25-16-15-24(10-6-7-19-30)27-11-4-5-12-28(25)27;1-19(25(28)29)17-22-15-14-21(23-12-5-6-13-24(22)23)11-7-8-16-27-26(30)31-18-20-9-3-2-4-10-20;1-13(2)9-3-4-10-5-7-11(12)8-6-10;1-17-7(15-9)14-6(16)2-4(10)13-5(11)3(8)12-2;1-2(3)4;;;/h4-6,12-13,18-23,28H,7-8,10-11,14,16-17,24-27H2,1-3H3,(H,38,42)(H,39,41);13-18,22H,4-12,19-21,30H2,1-3H3,(H,31,33);2-4,9-10,14-15,19H,5-6,8,12-13,16-18H2,1H3,(H,27,30)(H,28,29);5-8H,3-4,9,12H2,1-2H3;7,15H,1H3,(H,14,16)(H4,10,11,13);1H3,(H,3,4);3*1H2/t28-;22-;19-;;;;;;/m000....../s1. The number of nitrogens with one attached hydrogen (secondary N) is 6. The fourth-order valence-corrected chi connectivity index (χ4v) is 17.8. The molecule has 0 fully saturated rings. The molecule has 16 N–H and O–H groups in total. The molecule has 0 radical (unpaired) electrons. The van der Waals surface area contributed by atoms with Gasteiger partial charge in [-0.3, -0.25) is 24.0 Å². The second-order valence-electron chi connectivity index (χ2n) is 36.6. The summed E-state index contributed by atoms with van der Waals surface area (Å²) in [5.74, 6) is 10.4. The van der Waals surface area contributed by atoms with Crippen LogP contribution in [-0.4, -0.2) is 170 Å². The topological polar surface area (TPSA) is 390 Å². The molecule has 1 heterocycles. The second-order valence-corrected chi connectivity index (χ2v) is 38.5. The van der Waals surface area contributed by atoms with Crippen LogP contribution in [0.3, 0.4) is 0 Å². The third kappa shape index (κ3) is 47.8. The number of aromatic nitrogens is 2. The number of aryl methyl sites for hydroxylation is 4. The molecule has 3 aliphatic carbocycles. The Morgan fingerprint density at radius 3 is 1.20 bits per heavy atom. The molecule has 0 aliphatic heterocycles. The van der Waals surface area contributed by atoms with Crippen molar-refractivity contribution in [3.05, 3.63) is 275 Å². The van der Waals surface area contributed by atoms with E-state index in [9.17, 15) is 33.9 Å². The minimum atomic E-state index is -0.833. The zero-order valence-electron chi connectivity index (χ0n) is 85.8. The summed E-state index contributed by atoms with van der Waals surface area (Å²) in [4.78, 5) is 95.9. The Morgan fingerprint density at radius 2 is 0.826 bits per heavy atom. The van der Waals surface area contributed by atoms with E-state index in [1.54, 1.807) is 12.5 Å². The monoisotopic (exact) mass is 2180 g/mol. The molecule has 9 aromatic rings. The lowest BCUT2D eigenvalue weighted by Gasteiger charge is -2.24. The molecule has 3 aliphatic rings. The number of rotatable bonds is 39. The number of anilines is 5. The highest BCUT2D eigenvalue weighted by Gasteiger charge is 2.26. The predicted octanol–water partition coefficient (Wildman–Crippen LogP) is 19.0. The molecule has 782 valence electrons. The van der Waals surface area contributed by atoms with Crippen molar-refractivity contribution in [2.24, 2.45) is 23.5 Å². The number of aliphatic carboxylic acids is 2. The fraction of sp³-hybridized carbons (Fsp3) is 0.438. The lowest BCUT2D eigenvalue weighted by atomic mass is 9.81. The Morgan fingerprint density at radius 1 is 0.465 bits per heavy atom. The Hall–Kier alpha value is -10.5. The van der Waals surface area contributed by atoms with Gasteiger partial charge in [-0.05, 0) is 361 Å². The number of halogens is 2. The van der Waals surface area contributed by atoms with Crippen LogP contribution in [0.1, 0.15) is 216 Å². The molecule has 1 aromatic heterocycles. The summed E-state index contributed by atoms with van der Waals surface area (Å²) in [6.45, 7) is 12.3. The maximum atomic E-state index is 13.1. The first-order chi connectivity index (χ1) is 67.8. The summed E-state index contributed by atoms with van der Waals surface area (Å²) in [6, 6.07) is 56.8. The number of carboxylic acid groups (broad SMARTS) is 2. The molecule has 26 nitrogen and oxygen atoms in total. The number of nitrogens with zero attached hydrogens (tertiary/aromatic N) is 5. The number of fused-ring (bicyclic) bond motifs is 3. The van der Waals surface area contributed by atoms with E-state index >= 15 is 0 Å². The summed E-state index contributed by atoms with van der Waals surface area (Å²) < 4.78 is 13.3. The number of carbonyl (C=O) groups excluding carboxylic acids is 5. The van der Waals surface area contributed by atoms with Crippen LogP contribution in [-0.2, 0) is 125 Å². The van der Waals surface area contributed by atoms with E-state index < -0.39 is 36.0 Å². The van der Waals surface area contributed by atoms with Crippen LogP contribution in [0.4, 0.5) is 38.3 Å². The van der Waals surface area contributed by atoms with E-state index in [0.29, 0.717) is 38.8 Å². The van der Waals surface area contributed by atoms with Gasteiger partial charge in [-0.1, -0.05) is 177 Å². The number of hydrogen-bond donors (Lipinski definition) is 12. The van der Waals surface area contributed by atoms with Gasteiger partial charge >= 0.3 is 18.2 Å². The number of ether oxygens (including phenoxy) is 2. The van der Waals surface area contributed by atoms with Gasteiger partial charge in [-0.25, -0.2) is 23.1 Å². The SMILES string of the molecule is CC(=O)O.CN(C)CCCc1ccc(N)cc1.CSC(NI)NC(=O)c1nc(Cl)c(N)nc1N.C[C@@H](Cc1ccc(C#CCCNC(=O)OCc2ccccc2)c2c1CCCC2)C(=O)Nc1ccc(CCCN(C)C)cc1.C[C@@H](Cc1ccc(C#CCCNC(=O)OCc2ccccc2)c2c1CCCC2)C(=O)O.C[C@@H](Cc1ccc(CCCCN)c2c1CCCC2)C(=O)Nc1ccc(CCCN(C)C)cc1.S.S.S. The minimum Gasteiger partial charge on any atom is -0.481 e. The number of nitrogens with two attached hydrogens (primary N) is 4. The first-order valence-electron chi connectivity index (χ1n) is 49.1. The maximum absolute atomic E-state index is 13.1. The van der Waals surface area contributed by atoms with Crippen LogP contribution in [0.2, 0.25) is 5.15 Å². The van der Waals surface area contributed by atoms with Gasteiger partial charge in [-0.15, -0.1) is 11.8 Å². The Balaban J connectivity index is 0.000000387. The van der Waals surface area contributed by atoms with Crippen LogP contribution in [0.15, 0.2) is 170 Å². The van der Waals surface area contributed by atoms with Gasteiger partial charge in [0.1, 0.15) is 18.7 Å². The highest BCUT2D eigenvalue weighted by molar-refractivity contribution is 14.1. The Kier molecular flexibility index (Phi) is 61.4. The molecule has 144 heavy (non-hydrogen) atoms. The molecule has 8 aromatic carbocycles.